The summed E-state index contributed by atoms with van der Waals surface area (Å²) in [5, 5.41) is 34.7. The van der Waals surface area contributed by atoms with E-state index in [-0.39, 0.29) is 13.2 Å². The van der Waals surface area contributed by atoms with E-state index in [4.69, 9.17) is 25.2 Å². The van der Waals surface area contributed by atoms with Gasteiger partial charge in [-0.3, -0.25) is 4.79 Å². The second kappa shape index (κ2) is 18.7. The molecular weight excluding hydrogens is 348 g/mol. The molecule has 0 amide bonds. The minimum Gasteiger partial charge on any atom is -0.481 e. The molecule has 0 aliphatic carbocycles. The fourth-order valence-corrected chi connectivity index (χ4v) is 3.12. The van der Waals surface area contributed by atoms with Gasteiger partial charge in [-0.15, -0.1) is 0 Å². The van der Waals surface area contributed by atoms with E-state index >= 15 is 0 Å². The van der Waals surface area contributed by atoms with E-state index in [1.165, 1.54) is 70.6 Å². The third-order valence-electron chi connectivity index (χ3n) is 4.93. The van der Waals surface area contributed by atoms with Crippen LogP contribution in [0.25, 0.3) is 0 Å². The summed E-state index contributed by atoms with van der Waals surface area (Å²) in [6, 6.07) is 0. The van der Waals surface area contributed by atoms with Crippen LogP contribution in [0.15, 0.2) is 0 Å². The number of carbonyl (C=O) groups is 1. The summed E-state index contributed by atoms with van der Waals surface area (Å²) in [4.78, 5) is 10.3. The maximum Gasteiger partial charge on any atom is 0.303 e. The molecule has 0 unspecified atom stereocenters. The maximum atomic E-state index is 10.3. The normalized spacial score (nSPS) is 21.7. The van der Waals surface area contributed by atoms with Gasteiger partial charge in [-0.1, -0.05) is 84.0 Å². The number of ether oxygens (including phenoxy) is 1. The Kier molecular flexibility index (Phi) is 18.2. The first-order valence-corrected chi connectivity index (χ1v) is 10.8. The zero-order valence-corrected chi connectivity index (χ0v) is 17.2. The number of unbranched alkanes of at least 4 members (excludes halogenated alkanes) is 12. The Bertz CT molecular complexity index is 337. The summed E-state index contributed by atoms with van der Waals surface area (Å²) in [6.45, 7) is 2.14. The summed E-state index contributed by atoms with van der Waals surface area (Å²) in [7, 11) is 0. The number of aliphatic carboxylic acids is 1. The number of carboxylic acid groups (broad SMARTS) is 1. The molecule has 1 fully saturated rings. The summed E-state index contributed by atoms with van der Waals surface area (Å²) in [5.41, 5.74) is 0. The van der Waals surface area contributed by atoms with Crippen LogP contribution in [0.4, 0.5) is 0 Å². The van der Waals surface area contributed by atoms with Gasteiger partial charge in [0.15, 0.2) is 0 Å². The molecule has 1 heterocycles. The monoisotopic (exact) mass is 390 g/mol. The lowest BCUT2D eigenvalue weighted by Crippen LogP contribution is -2.31. The molecule has 1 rings (SSSR count). The van der Waals surface area contributed by atoms with Crippen LogP contribution in [0.3, 0.4) is 0 Å². The highest BCUT2D eigenvalue weighted by Gasteiger charge is 2.33. The average molecular weight is 391 g/mol. The summed E-state index contributed by atoms with van der Waals surface area (Å²) >= 11 is 0. The molecule has 27 heavy (non-hydrogen) atoms. The fourth-order valence-electron chi connectivity index (χ4n) is 3.12. The third-order valence-corrected chi connectivity index (χ3v) is 4.93. The predicted molar refractivity (Wildman–Crippen MR) is 107 cm³/mol. The highest BCUT2D eigenvalue weighted by Crippen LogP contribution is 2.13. The third kappa shape index (κ3) is 16.0. The van der Waals surface area contributed by atoms with E-state index in [1.807, 2.05) is 0 Å². The Balaban J connectivity index is 0.000000621. The molecule has 0 bridgehead atoms. The minimum absolute atomic E-state index is 0.117. The fraction of sp³-hybridized carbons (Fsp3) is 0.952. The molecule has 1 saturated heterocycles. The Morgan fingerprint density at radius 1 is 0.852 bits per heavy atom. The van der Waals surface area contributed by atoms with Crippen LogP contribution < -0.4 is 0 Å². The van der Waals surface area contributed by atoms with Gasteiger partial charge in [-0.2, -0.15) is 0 Å². The van der Waals surface area contributed by atoms with Crippen molar-refractivity contribution in [2.75, 3.05) is 13.2 Å². The van der Waals surface area contributed by atoms with Crippen molar-refractivity contribution in [1.29, 1.82) is 0 Å². The van der Waals surface area contributed by atoms with E-state index in [1.54, 1.807) is 0 Å². The van der Waals surface area contributed by atoms with Gasteiger partial charge in [0.05, 0.1) is 13.2 Å². The molecule has 6 heteroatoms. The van der Waals surface area contributed by atoms with Gasteiger partial charge in [0, 0.05) is 6.42 Å². The molecule has 0 aromatic heterocycles. The van der Waals surface area contributed by atoms with Crippen molar-refractivity contribution in [1.82, 2.24) is 0 Å². The van der Waals surface area contributed by atoms with Gasteiger partial charge in [0.2, 0.25) is 0 Å². The maximum absolute atomic E-state index is 10.3. The summed E-state index contributed by atoms with van der Waals surface area (Å²) in [6.07, 6.45) is 14.9. The van der Waals surface area contributed by atoms with Gasteiger partial charge < -0.3 is 25.2 Å². The Morgan fingerprint density at radius 3 is 1.59 bits per heavy atom. The number of aliphatic hydroxyl groups excluding tert-OH is 3. The van der Waals surface area contributed by atoms with Gasteiger partial charge in [0.25, 0.3) is 0 Å². The van der Waals surface area contributed by atoms with Crippen LogP contribution in [-0.2, 0) is 9.53 Å². The number of rotatable bonds is 15. The highest BCUT2D eigenvalue weighted by atomic mass is 16.5. The number of hydrogen-bond donors (Lipinski definition) is 4. The largest absolute Gasteiger partial charge is 0.481 e. The Morgan fingerprint density at radius 2 is 1.30 bits per heavy atom. The first-order chi connectivity index (χ1) is 13.0. The van der Waals surface area contributed by atoms with E-state index < -0.39 is 24.3 Å². The molecule has 0 aromatic rings. The minimum atomic E-state index is -0.921. The van der Waals surface area contributed by atoms with Crippen LogP contribution in [0.2, 0.25) is 0 Å². The van der Waals surface area contributed by atoms with Crippen molar-refractivity contribution >= 4 is 5.97 Å². The molecule has 4 N–H and O–H groups in total. The molecule has 0 saturated carbocycles. The van der Waals surface area contributed by atoms with E-state index in [9.17, 15) is 4.79 Å². The Labute approximate surface area is 164 Å². The number of aliphatic hydroxyl groups is 3. The van der Waals surface area contributed by atoms with Crippen LogP contribution in [0.1, 0.15) is 96.8 Å². The molecule has 0 radical (unpaired) electrons. The van der Waals surface area contributed by atoms with Crippen molar-refractivity contribution in [3.63, 3.8) is 0 Å². The van der Waals surface area contributed by atoms with Gasteiger partial charge in [0.1, 0.15) is 18.3 Å². The highest BCUT2D eigenvalue weighted by molar-refractivity contribution is 5.66. The van der Waals surface area contributed by atoms with Crippen molar-refractivity contribution < 1.29 is 30.0 Å². The smallest absolute Gasteiger partial charge is 0.303 e. The van der Waals surface area contributed by atoms with Crippen molar-refractivity contribution in [2.45, 2.75) is 115 Å². The summed E-state index contributed by atoms with van der Waals surface area (Å²) < 4.78 is 4.78. The Hall–Kier alpha value is -0.690. The van der Waals surface area contributed by atoms with E-state index in [0.29, 0.717) is 6.42 Å². The van der Waals surface area contributed by atoms with Crippen molar-refractivity contribution in [3.05, 3.63) is 0 Å². The van der Waals surface area contributed by atoms with Crippen molar-refractivity contribution in [3.8, 4) is 0 Å². The second-order valence-corrected chi connectivity index (χ2v) is 7.50. The topological polar surface area (TPSA) is 107 Å². The van der Waals surface area contributed by atoms with Gasteiger partial charge in [-0.25, -0.2) is 0 Å². The molecule has 0 aromatic carbocycles. The molecule has 162 valence electrons. The van der Waals surface area contributed by atoms with Gasteiger partial charge in [-0.05, 0) is 6.42 Å². The molecule has 6 nitrogen and oxygen atoms in total. The first-order valence-electron chi connectivity index (χ1n) is 10.8. The lowest BCUT2D eigenvalue weighted by molar-refractivity contribution is -0.137. The SMILES string of the molecule is CCCCCCCCCCCCCCCC(=O)O.OC[C@H]1OC[C@H](O)[C@H]1O. The zero-order valence-electron chi connectivity index (χ0n) is 17.2. The van der Waals surface area contributed by atoms with Crippen LogP contribution in [-0.4, -0.2) is 57.9 Å². The number of carboxylic acids is 1. The van der Waals surface area contributed by atoms with Crippen LogP contribution >= 0.6 is 0 Å². The molecular formula is C21H42O6. The first kappa shape index (κ1) is 26.3. The van der Waals surface area contributed by atoms with Crippen LogP contribution in [0.5, 0.6) is 0 Å². The predicted octanol–water partition coefficient (Wildman–Crippen LogP) is 3.65. The zero-order chi connectivity index (χ0) is 20.3. The quantitative estimate of drug-likeness (QED) is 0.318. The average Bonchev–Trinajstić information content (AvgIpc) is 2.97. The second-order valence-electron chi connectivity index (χ2n) is 7.50. The number of hydrogen-bond acceptors (Lipinski definition) is 5. The molecule has 3 atom stereocenters. The summed E-state index contributed by atoms with van der Waals surface area (Å²) in [5.74, 6) is -0.655. The standard InChI is InChI=1S/C16H32O2.C5H10O4/c1-2-3-4-5-6-7-8-9-10-11-12-13-14-15-16(17)18;6-1-4-5(8)3(7)2-9-4/h2-15H2,1H3,(H,17,18);3-8H,1-2H2/t;3-,4+,5+/m.0/s1. The molecule has 1 aliphatic rings. The molecule has 1 aliphatic heterocycles. The lowest BCUT2D eigenvalue weighted by atomic mass is 10.0. The molecule has 0 spiro atoms. The van der Waals surface area contributed by atoms with E-state index in [0.717, 1.165) is 12.8 Å². The van der Waals surface area contributed by atoms with Crippen molar-refractivity contribution in [2.24, 2.45) is 0 Å². The van der Waals surface area contributed by atoms with Gasteiger partial charge >= 0.3 is 5.97 Å². The van der Waals surface area contributed by atoms with E-state index in [2.05, 4.69) is 6.92 Å². The van der Waals surface area contributed by atoms with Crippen LogP contribution in [0, 0.1) is 0 Å². The lowest BCUT2D eigenvalue weighted by Gasteiger charge is -2.10.